The van der Waals surface area contributed by atoms with Crippen LogP contribution < -0.4 is 5.43 Å². The van der Waals surface area contributed by atoms with Crippen LogP contribution in [-0.4, -0.2) is 33.1 Å². The first-order chi connectivity index (χ1) is 11.8. The normalized spacial score (nSPS) is 10.8. The Morgan fingerprint density at radius 1 is 1.21 bits per heavy atom. The maximum Gasteiger partial charge on any atom is 0.250 e. The molecule has 1 aromatic carbocycles. The van der Waals surface area contributed by atoms with Gasteiger partial charge in [-0.3, -0.25) is 9.78 Å². The van der Waals surface area contributed by atoms with Gasteiger partial charge in [0.2, 0.25) is 0 Å². The number of nitrogens with one attached hydrogen (secondary N) is 1. The van der Waals surface area contributed by atoms with Gasteiger partial charge in [0, 0.05) is 23.5 Å². The predicted octanol–water partition coefficient (Wildman–Crippen LogP) is 2.84. The Labute approximate surface area is 147 Å². The summed E-state index contributed by atoms with van der Waals surface area (Å²) in [6, 6.07) is 13.5. The number of nitrogens with zero attached hydrogens (tertiary/aromatic N) is 4. The molecule has 2 aromatic heterocycles. The summed E-state index contributed by atoms with van der Waals surface area (Å²) >= 11 is 2.80. The number of benzene rings is 1. The lowest BCUT2D eigenvalue weighted by Gasteiger charge is -1.97. The summed E-state index contributed by atoms with van der Waals surface area (Å²) in [4.78, 5) is 15.7. The molecule has 0 atom stereocenters. The maximum atomic E-state index is 11.8. The van der Waals surface area contributed by atoms with Crippen molar-refractivity contribution in [2.45, 2.75) is 4.34 Å². The van der Waals surface area contributed by atoms with E-state index in [0.29, 0.717) is 0 Å². The zero-order valence-corrected chi connectivity index (χ0v) is 14.1. The Hall–Kier alpha value is -2.58. The number of carbonyl (C=O) groups is 1. The molecule has 2 heterocycles. The summed E-state index contributed by atoms with van der Waals surface area (Å²) in [6.07, 6.45) is 4.89. The summed E-state index contributed by atoms with van der Waals surface area (Å²) in [6.45, 7) is 0. The summed E-state index contributed by atoms with van der Waals surface area (Å²) in [5, 5.41) is 13.0. The molecule has 0 spiro atoms. The molecule has 0 saturated carbocycles. The maximum absolute atomic E-state index is 11.8. The van der Waals surface area contributed by atoms with E-state index >= 15 is 0 Å². The van der Waals surface area contributed by atoms with E-state index in [4.69, 9.17) is 0 Å². The number of pyridine rings is 1. The second-order valence-electron chi connectivity index (χ2n) is 4.61. The highest BCUT2D eigenvalue weighted by Gasteiger charge is 2.08. The van der Waals surface area contributed by atoms with Crippen molar-refractivity contribution in [3.8, 4) is 10.6 Å². The van der Waals surface area contributed by atoms with Crippen molar-refractivity contribution in [2.24, 2.45) is 5.10 Å². The molecule has 3 rings (SSSR count). The van der Waals surface area contributed by atoms with E-state index in [2.05, 4.69) is 25.7 Å². The minimum absolute atomic E-state index is 0.198. The fourth-order valence-electron chi connectivity index (χ4n) is 1.76. The number of amides is 1. The monoisotopic (exact) mass is 355 g/mol. The molecule has 0 aliphatic heterocycles. The van der Waals surface area contributed by atoms with Crippen molar-refractivity contribution in [1.29, 1.82) is 0 Å². The molecule has 0 unspecified atom stereocenters. The van der Waals surface area contributed by atoms with Crippen LogP contribution in [0.4, 0.5) is 0 Å². The van der Waals surface area contributed by atoms with Crippen molar-refractivity contribution >= 4 is 35.2 Å². The van der Waals surface area contributed by atoms with Gasteiger partial charge in [-0.15, -0.1) is 10.2 Å². The van der Waals surface area contributed by atoms with E-state index in [1.165, 1.54) is 23.1 Å². The Morgan fingerprint density at radius 2 is 2.08 bits per heavy atom. The smallest absolute Gasteiger partial charge is 0.250 e. The molecule has 0 aliphatic carbocycles. The van der Waals surface area contributed by atoms with E-state index < -0.39 is 0 Å². The Morgan fingerprint density at radius 3 is 2.88 bits per heavy atom. The number of aromatic nitrogens is 3. The third-order valence-corrected chi connectivity index (χ3v) is 4.95. The Kier molecular flexibility index (Phi) is 5.65. The Balaban J connectivity index is 1.48. The second-order valence-corrected chi connectivity index (χ2v) is 6.81. The molecule has 0 saturated heterocycles. The minimum atomic E-state index is -0.198. The van der Waals surface area contributed by atoms with Gasteiger partial charge in [-0.05, 0) is 6.07 Å². The third-order valence-electron chi connectivity index (χ3n) is 2.84. The van der Waals surface area contributed by atoms with Gasteiger partial charge in [0.15, 0.2) is 4.34 Å². The largest absolute Gasteiger partial charge is 0.272 e. The van der Waals surface area contributed by atoms with Crippen LogP contribution in [-0.2, 0) is 4.79 Å². The van der Waals surface area contributed by atoms with Gasteiger partial charge in [-0.25, -0.2) is 5.43 Å². The van der Waals surface area contributed by atoms with E-state index in [1.54, 1.807) is 24.7 Å². The highest BCUT2D eigenvalue weighted by molar-refractivity contribution is 8.01. The molecule has 120 valence electrons. The molecule has 8 heteroatoms. The molecule has 0 radical (unpaired) electrons. The Bertz CT molecular complexity index is 821. The van der Waals surface area contributed by atoms with Crippen molar-refractivity contribution in [1.82, 2.24) is 20.6 Å². The van der Waals surface area contributed by atoms with E-state index in [0.717, 1.165) is 20.5 Å². The van der Waals surface area contributed by atoms with Crippen molar-refractivity contribution in [3.05, 3.63) is 60.4 Å². The zero-order valence-electron chi connectivity index (χ0n) is 12.5. The lowest BCUT2D eigenvalue weighted by atomic mass is 10.2. The van der Waals surface area contributed by atoms with Crippen LogP contribution in [0, 0.1) is 0 Å². The van der Waals surface area contributed by atoms with Crippen LogP contribution in [0.5, 0.6) is 0 Å². The lowest BCUT2D eigenvalue weighted by molar-refractivity contribution is -0.118. The van der Waals surface area contributed by atoms with Crippen LogP contribution in [0.25, 0.3) is 10.6 Å². The summed E-state index contributed by atoms with van der Waals surface area (Å²) < 4.78 is 0.750. The molecule has 0 aliphatic rings. The van der Waals surface area contributed by atoms with Gasteiger partial charge < -0.3 is 0 Å². The number of hydrogen-bond donors (Lipinski definition) is 1. The van der Waals surface area contributed by atoms with Gasteiger partial charge in [-0.1, -0.05) is 59.5 Å². The van der Waals surface area contributed by atoms with Crippen molar-refractivity contribution < 1.29 is 4.79 Å². The van der Waals surface area contributed by atoms with Gasteiger partial charge in [0.05, 0.1) is 12.0 Å². The minimum Gasteiger partial charge on any atom is -0.272 e. The van der Waals surface area contributed by atoms with E-state index in [1.807, 2.05) is 36.4 Å². The average Bonchev–Trinajstić information content (AvgIpc) is 3.11. The van der Waals surface area contributed by atoms with Crippen molar-refractivity contribution in [2.75, 3.05) is 5.75 Å². The first kappa shape index (κ1) is 16.3. The number of carbonyl (C=O) groups excluding carboxylic acids is 1. The quantitative estimate of drug-likeness (QED) is 0.418. The predicted molar refractivity (Wildman–Crippen MR) is 96.0 cm³/mol. The molecule has 24 heavy (non-hydrogen) atoms. The third kappa shape index (κ3) is 4.71. The summed E-state index contributed by atoms with van der Waals surface area (Å²) in [5.74, 6) is 0.0324. The molecule has 3 aromatic rings. The topological polar surface area (TPSA) is 80.1 Å². The van der Waals surface area contributed by atoms with E-state index in [-0.39, 0.29) is 11.7 Å². The lowest BCUT2D eigenvalue weighted by Crippen LogP contribution is -2.19. The van der Waals surface area contributed by atoms with Gasteiger partial charge >= 0.3 is 0 Å². The molecule has 1 amide bonds. The van der Waals surface area contributed by atoms with Crippen LogP contribution in [0.3, 0.4) is 0 Å². The van der Waals surface area contributed by atoms with Crippen LogP contribution in [0.2, 0.25) is 0 Å². The number of hydrogen-bond acceptors (Lipinski definition) is 7. The first-order valence-electron chi connectivity index (χ1n) is 7.05. The molecule has 1 N–H and O–H groups in total. The first-order valence-corrected chi connectivity index (χ1v) is 8.85. The van der Waals surface area contributed by atoms with Crippen LogP contribution in [0.1, 0.15) is 5.56 Å². The van der Waals surface area contributed by atoms with Gasteiger partial charge in [0.25, 0.3) is 5.91 Å². The summed E-state index contributed by atoms with van der Waals surface area (Å²) in [5.41, 5.74) is 4.32. The molecular weight excluding hydrogens is 342 g/mol. The molecule has 0 bridgehead atoms. The molecule has 0 fully saturated rings. The van der Waals surface area contributed by atoms with Crippen LogP contribution in [0.15, 0.2) is 64.3 Å². The number of hydrazone groups is 1. The van der Waals surface area contributed by atoms with Crippen LogP contribution >= 0.6 is 23.1 Å². The highest BCUT2D eigenvalue weighted by atomic mass is 32.2. The second kappa shape index (κ2) is 8.32. The molecule has 6 nitrogen and oxygen atoms in total. The number of thioether (sulfide) groups is 1. The summed E-state index contributed by atoms with van der Waals surface area (Å²) in [7, 11) is 0. The fraction of sp³-hybridized carbons (Fsp3) is 0.0625. The van der Waals surface area contributed by atoms with Crippen molar-refractivity contribution in [3.63, 3.8) is 0 Å². The molecular formula is C16H13N5OS2. The fourth-order valence-corrected chi connectivity index (χ4v) is 3.41. The van der Waals surface area contributed by atoms with E-state index in [9.17, 15) is 4.79 Å². The highest BCUT2D eigenvalue weighted by Crippen LogP contribution is 2.28. The van der Waals surface area contributed by atoms with Gasteiger partial charge in [0.1, 0.15) is 5.01 Å². The zero-order chi connectivity index (χ0) is 16.6. The SMILES string of the molecule is O=C(CSc1nnc(-c2ccccc2)s1)NN=Cc1cccnc1. The average molecular weight is 355 g/mol. The standard InChI is InChI=1S/C16H13N5OS2/c22-14(19-18-10-12-5-4-8-17-9-12)11-23-16-21-20-15(24-16)13-6-2-1-3-7-13/h1-10H,11H2,(H,19,22). The number of rotatable bonds is 6. The van der Waals surface area contributed by atoms with Gasteiger partial charge in [-0.2, -0.15) is 5.10 Å².